The first-order chi connectivity index (χ1) is 22.6. The fourth-order valence-electron chi connectivity index (χ4n) is 12.4. The average Bonchev–Trinajstić information content (AvgIpc) is 3.40. The van der Waals surface area contributed by atoms with Gasteiger partial charge in [-0.2, -0.15) is 0 Å². The molecule has 8 aliphatic carbocycles. The Kier molecular flexibility index (Phi) is 8.56. The van der Waals surface area contributed by atoms with Crippen molar-refractivity contribution in [1.29, 1.82) is 0 Å². The highest BCUT2D eigenvalue weighted by molar-refractivity contribution is 6.83. The van der Waals surface area contributed by atoms with Gasteiger partial charge in [-0.1, -0.05) is 88.0 Å². The average molecular weight is 663 g/mol. The zero-order valence-corrected chi connectivity index (χ0v) is 32.2. The Morgan fingerprint density at radius 1 is 0.792 bits per heavy atom. The summed E-state index contributed by atoms with van der Waals surface area (Å²) in [5.74, 6) is 9.34. The van der Waals surface area contributed by atoms with Crippen LogP contribution < -0.4 is 0 Å². The van der Waals surface area contributed by atoms with Crippen LogP contribution in [0.2, 0.25) is 19.6 Å². The SMILES string of the molecule is C=C1C[C@H]2[C@@H]3CC=C4C=C(C)CC[C@@H]4[C@H]3CC[C@]2(C)C1=O.C=C1C[C@H]2[C@@H]3CC=C4C=C(C)CC[C@@H]4[C@H]3CC[C@]2(C)[C@]1(O)C#C[Si](C)(C)C. The molecule has 0 aromatic heterocycles. The minimum atomic E-state index is -1.53. The molecule has 11 atom stereocenters. The Morgan fingerprint density at radius 3 is 1.90 bits per heavy atom. The minimum Gasteiger partial charge on any atom is -0.373 e. The highest BCUT2D eigenvalue weighted by Gasteiger charge is 2.63. The number of fused-ring (bicyclic) bond motifs is 10. The summed E-state index contributed by atoms with van der Waals surface area (Å²) in [6.07, 6.45) is 24.0. The van der Waals surface area contributed by atoms with E-state index in [4.69, 9.17) is 0 Å². The summed E-state index contributed by atoms with van der Waals surface area (Å²) in [5.41, 5.74) is 10.4. The number of allylic oxidation sites excluding steroid dienone is 9. The number of rotatable bonds is 0. The van der Waals surface area contributed by atoms with Gasteiger partial charge >= 0.3 is 0 Å². The number of Topliss-reactive ketones (excluding diaryl/α,β-unsaturated/α-hetero) is 1. The summed E-state index contributed by atoms with van der Waals surface area (Å²) in [6.45, 7) is 24.2. The predicted molar refractivity (Wildman–Crippen MR) is 203 cm³/mol. The molecular weight excluding hydrogens is 601 g/mol. The summed E-state index contributed by atoms with van der Waals surface area (Å²) >= 11 is 0. The van der Waals surface area contributed by atoms with Crippen molar-refractivity contribution in [3.63, 3.8) is 0 Å². The second kappa shape index (κ2) is 12.0. The van der Waals surface area contributed by atoms with Crippen molar-refractivity contribution in [3.05, 3.63) is 70.9 Å². The molecule has 0 heterocycles. The lowest BCUT2D eigenvalue weighted by molar-refractivity contribution is -0.128. The van der Waals surface area contributed by atoms with Crippen molar-refractivity contribution < 1.29 is 9.90 Å². The number of carbonyl (C=O) groups excluding carboxylic acids is 1. The van der Waals surface area contributed by atoms with E-state index in [1.807, 2.05) is 0 Å². The smallest absolute Gasteiger partial charge is 0.164 e. The Hall–Kier alpha value is -2.15. The van der Waals surface area contributed by atoms with Crippen molar-refractivity contribution in [1.82, 2.24) is 0 Å². The molecule has 8 rings (SSSR count). The number of ketones is 1. The maximum absolute atomic E-state index is 12.5. The molecule has 48 heavy (non-hydrogen) atoms. The molecule has 3 heteroatoms. The second-order valence-electron chi connectivity index (χ2n) is 19.1. The highest BCUT2D eigenvalue weighted by Crippen LogP contribution is 2.66. The monoisotopic (exact) mass is 662 g/mol. The number of carbonyl (C=O) groups is 1. The van der Waals surface area contributed by atoms with Gasteiger partial charge in [-0.25, -0.2) is 0 Å². The van der Waals surface area contributed by atoms with E-state index in [-0.39, 0.29) is 10.8 Å². The molecule has 0 spiro atoms. The largest absolute Gasteiger partial charge is 0.373 e. The second-order valence-corrected chi connectivity index (χ2v) is 23.8. The molecule has 0 saturated heterocycles. The lowest BCUT2D eigenvalue weighted by Gasteiger charge is -2.53. The van der Waals surface area contributed by atoms with Gasteiger partial charge in [0.05, 0.1) is 0 Å². The van der Waals surface area contributed by atoms with Crippen LogP contribution in [0.4, 0.5) is 0 Å². The third-order valence-corrected chi connectivity index (χ3v) is 16.0. The topological polar surface area (TPSA) is 37.3 Å². The molecule has 0 unspecified atom stereocenters. The molecule has 2 nitrogen and oxygen atoms in total. The van der Waals surface area contributed by atoms with E-state index < -0.39 is 13.7 Å². The van der Waals surface area contributed by atoms with Crippen molar-refractivity contribution in [2.24, 2.45) is 58.2 Å². The Morgan fingerprint density at radius 2 is 1.33 bits per heavy atom. The summed E-state index contributed by atoms with van der Waals surface area (Å²) in [6, 6.07) is 0. The van der Waals surface area contributed by atoms with Crippen LogP contribution in [0.3, 0.4) is 0 Å². The first-order valence-electron chi connectivity index (χ1n) is 19.5. The van der Waals surface area contributed by atoms with Crippen molar-refractivity contribution in [3.8, 4) is 11.5 Å². The molecule has 8 aliphatic rings. The van der Waals surface area contributed by atoms with E-state index in [2.05, 4.69) is 96.3 Å². The van der Waals surface area contributed by atoms with Crippen LogP contribution in [0.25, 0.3) is 0 Å². The van der Waals surface area contributed by atoms with Crippen LogP contribution in [-0.2, 0) is 4.79 Å². The fraction of sp³-hybridized carbons (Fsp3) is 0.667. The summed E-state index contributed by atoms with van der Waals surface area (Å²) < 4.78 is 0. The van der Waals surface area contributed by atoms with Gasteiger partial charge in [0.25, 0.3) is 0 Å². The van der Waals surface area contributed by atoms with Gasteiger partial charge < -0.3 is 5.11 Å². The standard InChI is InChI=1S/C25H36OSi.C20H26O/c1-17-7-9-20-19(15-17)8-10-22-21(20)11-12-24(3)23(22)16-18(2)25(24,26)13-14-27(4,5)6;1-12-4-6-15-14(10-12)5-7-17-16(15)8-9-20(3)18(17)11-13(2)19(20)21/h8,15,20-23,26H,2,7,9-12,16H2,1,3-6H3;5,10,15-18H,2,4,6-9,11H2,1,3H3/t20-,21+,22+,23-,24-,25-;15-,16+,17+,18-,20-/m00/s1. The quantitative estimate of drug-likeness (QED) is 0.121. The van der Waals surface area contributed by atoms with Crippen LogP contribution in [0.5, 0.6) is 0 Å². The molecule has 4 fully saturated rings. The summed E-state index contributed by atoms with van der Waals surface area (Å²) in [5, 5.41) is 11.8. The third kappa shape index (κ3) is 5.42. The summed E-state index contributed by atoms with van der Waals surface area (Å²) in [7, 11) is -1.53. The van der Waals surface area contributed by atoms with Crippen molar-refractivity contribution in [2.75, 3.05) is 0 Å². The predicted octanol–water partition coefficient (Wildman–Crippen LogP) is 10.7. The summed E-state index contributed by atoms with van der Waals surface area (Å²) in [4.78, 5) is 12.5. The highest BCUT2D eigenvalue weighted by atomic mass is 28.3. The van der Waals surface area contributed by atoms with Gasteiger partial charge in [0.2, 0.25) is 0 Å². The van der Waals surface area contributed by atoms with Gasteiger partial charge in [0.1, 0.15) is 8.07 Å². The van der Waals surface area contributed by atoms with E-state index in [1.165, 1.54) is 51.4 Å². The lowest BCUT2D eigenvalue weighted by atomic mass is 9.51. The van der Waals surface area contributed by atoms with Crippen molar-refractivity contribution >= 4 is 13.9 Å². The lowest BCUT2D eigenvalue weighted by Crippen LogP contribution is -2.52. The van der Waals surface area contributed by atoms with E-state index >= 15 is 0 Å². The van der Waals surface area contributed by atoms with Crippen LogP contribution in [0, 0.1) is 69.6 Å². The maximum Gasteiger partial charge on any atom is 0.164 e. The van der Waals surface area contributed by atoms with Crippen LogP contribution >= 0.6 is 0 Å². The normalized spacial score (nSPS) is 44.4. The van der Waals surface area contributed by atoms with Gasteiger partial charge in [-0.05, 0) is 161 Å². The Bertz CT molecular complexity index is 1600. The van der Waals surface area contributed by atoms with Crippen LogP contribution in [0.1, 0.15) is 105 Å². The molecule has 0 aliphatic heterocycles. The van der Waals surface area contributed by atoms with Gasteiger partial charge in [0, 0.05) is 10.8 Å². The zero-order valence-electron chi connectivity index (χ0n) is 31.2. The van der Waals surface area contributed by atoms with Crippen LogP contribution in [-0.4, -0.2) is 24.6 Å². The third-order valence-electron chi connectivity index (χ3n) is 15.2. The molecular formula is C45H62O2Si. The van der Waals surface area contributed by atoms with Gasteiger partial charge in [-0.3, -0.25) is 4.79 Å². The molecule has 0 aromatic carbocycles. The number of hydrogen-bond donors (Lipinski definition) is 1. The van der Waals surface area contributed by atoms with E-state index in [1.54, 1.807) is 22.3 Å². The molecule has 258 valence electrons. The number of aliphatic hydroxyl groups is 1. The van der Waals surface area contributed by atoms with Crippen LogP contribution in [0.15, 0.2) is 70.9 Å². The molecule has 0 aromatic rings. The molecule has 0 radical (unpaired) electrons. The molecule has 0 amide bonds. The number of hydrogen-bond acceptors (Lipinski definition) is 2. The van der Waals surface area contributed by atoms with Gasteiger partial charge in [0.15, 0.2) is 11.4 Å². The Balaban J connectivity index is 0.000000156. The Labute approximate surface area is 293 Å². The van der Waals surface area contributed by atoms with Gasteiger partial charge in [-0.15, -0.1) is 5.54 Å². The van der Waals surface area contributed by atoms with E-state index in [9.17, 15) is 9.90 Å². The first kappa shape index (κ1) is 34.3. The zero-order chi connectivity index (χ0) is 34.4. The first-order valence-corrected chi connectivity index (χ1v) is 23.0. The minimum absolute atomic E-state index is 0.0932. The maximum atomic E-state index is 12.5. The molecule has 4 saturated carbocycles. The molecule has 1 N–H and O–H groups in total. The fourth-order valence-corrected chi connectivity index (χ4v) is 13.0. The van der Waals surface area contributed by atoms with E-state index in [0.717, 1.165) is 60.5 Å². The molecule has 0 bridgehead atoms. The van der Waals surface area contributed by atoms with Crippen molar-refractivity contribution in [2.45, 2.75) is 130 Å². The van der Waals surface area contributed by atoms with E-state index in [0.29, 0.717) is 29.5 Å².